The first kappa shape index (κ1) is 21.6. The van der Waals surface area contributed by atoms with Crippen molar-refractivity contribution in [3.63, 3.8) is 0 Å². The van der Waals surface area contributed by atoms with Crippen LogP contribution in [0.15, 0.2) is 60.7 Å². The Morgan fingerprint density at radius 1 is 1.00 bits per heavy atom. The number of esters is 1. The van der Waals surface area contributed by atoms with E-state index in [0.29, 0.717) is 5.56 Å². The SMILES string of the molecule is CC(C)(COC(=O)c1ccccc1)S(=O)(=O)CC(Cc1ccccc1)C(=O)O. The Morgan fingerprint density at radius 3 is 2.07 bits per heavy atom. The molecule has 0 spiro atoms. The Bertz CT molecular complexity index is 904. The summed E-state index contributed by atoms with van der Waals surface area (Å²) in [5.41, 5.74) is 1.07. The van der Waals surface area contributed by atoms with E-state index in [9.17, 15) is 23.1 Å². The summed E-state index contributed by atoms with van der Waals surface area (Å²) in [6, 6.07) is 17.1. The standard InChI is InChI=1S/C21H24O6S/c1-21(2,15-27-20(24)17-11-7-4-8-12-17)28(25,26)14-18(19(22)23)13-16-9-5-3-6-10-16/h3-12,18H,13-15H2,1-2H3,(H,22,23). The van der Waals surface area contributed by atoms with Crippen LogP contribution in [0.1, 0.15) is 29.8 Å². The molecule has 0 aromatic heterocycles. The van der Waals surface area contributed by atoms with Gasteiger partial charge in [-0.15, -0.1) is 0 Å². The minimum absolute atomic E-state index is 0.106. The Kier molecular flexibility index (Phi) is 6.96. The molecule has 150 valence electrons. The number of carboxylic acid groups (broad SMARTS) is 1. The van der Waals surface area contributed by atoms with Gasteiger partial charge in [0.15, 0.2) is 9.84 Å². The maximum atomic E-state index is 12.9. The number of rotatable bonds is 9. The van der Waals surface area contributed by atoms with Crippen molar-refractivity contribution < 1.29 is 27.9 Å². The molecule has 0 bridgehead atoms. The number of hydrogen-bond acceptors (Lipinski definition) is 5. The van der Waals surface area contributed by atoms with Crippen LogP contribution >= 0.6 is 0 Å². The van der Waals surface area contributed by atoms with E-state index in [-0.39, 0.29) is 13.0 Å². The first-order chi connectivity index (χ1) is 13.1. The number of sulfone groups is 1. The van der Waals surface area contributed by atoms with Gasteiger partial charge in [-0.05, 0) is 38.0 Å². The quantitative estimate of drug-likeness (QED) is 0.645. The molecule has 2 aromatic rings. The summed E-state index contributed by atoms with van der Waals surface area (Å²) in [6.45, 7) is 2.50. The van der Waals surface area contributed by atoms with E-state index in [0.717, 1.165) is 5.56 Å². The van der Waals surface area contributed by atoms with Crippen molar-refractivity contribution in [1.29, 1.82) is 0 Å². The number of ether oxygens (including phenoxy) is 1. The van der Waals surface area contributed by atoms with Gasteiger partial charge in [0, 0.05) is 0 Å². The molecule has 0 radical (unpaired) electrons. The summed E-state index contributed by atoms with van der Waals surface area (Å²) in [5.74, 6) is -3.42. The fourth-order valence-corrected chi connectivity index (χ4v) is 4.07. The normalized spacial score (nSPS) is 12.9. The van der Waals surface area contributed by atoms with Crippen molar-refractivity contribution in [2.24, 2.45) is 5.92 Å². The molecule has 6 nitrogen and oxygen atoms in total. The van der Waals surface area contributed by atoms with E-state index in [4.69, 9.17) is 4.74 Å². The van der Waals surface area contributed by atoms with Gasteiger partial charge in [-0.1, -0.05) is 48.5 Å². The number of aliphatic carboxylic acids is 1. The van der Waals surface area contributed by atoms with E-state index in [1.165, 1.54) is 13.8 Å². The molecular formula is C21H24O6S. The monoisotopic (exact) mass is 404 g/mol. The van der Waals surface area contributed by atoms with Gasteiger partial charge in [-0.3, -0.25) is 4.79 Å². The predicted octanol–water partition coefficient (Wildman–Crippen LogP) is 2.98. The van der Waals surface area contributed by atoms with Gasteiger partial charge in [-0.25, -0.2) is 13.2 Å². The molecule has 0 saturated heterocycles. The largest absolute Gasteiger partial charge is 0.481 e. The summed E-state index contributed by atoms with van der Waals surface area (Å²) in [4.78, 5) is 23.7. The number of benzene rings is 2. The molecule has 28 heavy (non-hydrogen) atoms. The molecule has 0 saturated carbocycles. The fraction of sp³-hybridized carbons (Fsp3) is 0.333. The lowest BCUT2D eigenvalue weighted by molar-refractivity contribution is -0.140. The smallest absolute Gasteiger partial charge is 0.338 e. The molecule has 1 atom stereocenters. The van der Waals surface area contributed by atoms with Gasteiger partial charge >= 0.3 is 11.9 Å². The average molecular weight is 404 g/mol. The molecular weight excluding hydrogens is 380 g/mol. The molecule has 0 aliphatic carbocycles. The molecule has 7 heteroatoms. The molecule has 2 rings (SSSR count). The molecule has 0 fully saturated rings. The summed E-state index contributed by atoms with van der Waals surface area (Å²) in [5, 5.41) is 9.48. The van der Waals surface area contributed by atoms with E-state index >= 15 is 0 Å². The summed E-state index contributed by atoms with van der Waals surface area (Å²) < 4.78 is 29.5. The lowest BCUT2D eigenvalue weighted by Gasteiger charge is -2.26. The van der Waals surface area contributed by atoms with Crippen LogP contribution in [-0.2, 0) is 25.8 Å². The van der Waals surface area contributed by atoms with Crippen LogP contribution in [0.4, 0.5) is 0 Å². The van der Waals surface area contributed by atoms with Gasteiger partial charge in [0.05, 0.1) is 17.2 Å². The minimum atomic E-state index is -3.86. The first-order valence-corrected chi connectivity index (χ1v) is 10.5. The van der Waals surface area contributed by atoms with Crippen molar-refractivity contribution in [3.05, 3.63) is 71.8 Å². The molecule has 1 unspecified atom stereocenters. The summed E-state index contributed by atoms with van der Waals surface area (Å²) >= 11 is 0. The van der Waals surface area contributed by atoms with Crippen LogP contribution in [0.2, 0.25) is 0 Å². The maximum Gasteiger partial charge on any atom is 0.338 e. The number of hydrogen-bond donors (Lipinski definition) is 1. The van der Waals surface area contributed by atoms with Gasteiger partial charge < -0.3 is 9.84 Å². The fourth-order valence-electron chi connectivity index (χ4n) is 2.59. The van der Waals surface area contributed by atoms with Crippen LogP contribution in [0.5, 0.6) is 0 Å². The molecule has 1 N–H and O–H groups in total. The topological polar surface area (TPSA) is 97.7 Å². The van der Waals surface area contributed by atoms with E-state index < -0.39 is 38.2 Å². The third-order valence-corrected chi connectivity index (χ3v) is 7.14. The molecule has 2 aromatic carbocycles. The molecule has 0 aliphatic heterocycles. The second-order valence-electron chi connectivity index (χ2n) is 7.21. The van der Waals surface area contributed by atoms with Crippen LogP contribution in [0.25, 0.3) is 0 Å². The average Bonchev–Trinajstić information content (AvgIpc) is 2.66. The van der Waals surface area contributed by atoms with E-state index in [2.05, 4.69) is 0 Å². The highest BCUT2D eigenvalue weighted by Crippen LogP contribution is 2.23. The third-order valence-electron chi connectivity index (χ3n) is 4.50. The van der Waals surface area contributed by atoms with Crippen molar-refractivity contribution in [1.82, 2.24) is 0 Å². The molecule has 0 aliphatic rings. The number of carbonyl (C=O) groups excluding carboxylic acids is 1. The highest BCUT2D eigenvalue weighted by atomic mass is 32.2. The van der Waals surface area contributed by atoms with E-state index in [1.807, 2.05) is 0 Å². The Hall–Kier alpha value is -2.67. The Labute approximate surface area is 165 Å². The summed E-state index contributed by atoms with van der Waals surface area (Å²) in [6.07, 6.45) is 0.106. The van der Waals surface area contributed by atoms with Crippen molar-refractivity contribution in [3.8, 4) is 0 Å². The lowest BCUT2D eigenvalue weighted by Crippen LogP contribution is -2.42. The second-order valence-corrected chi connectivity index (χ2v) is 9.88. The first-order valence-electron chi connectivity index (χ1n) is 8.83. The zero-order valence-corrected chi connectivity index (χ0v) is 16.7. The molecule has 0 heterocycles. The van der Waals surface area contributed by atoms with Gasteiger partial charge in [0.2, 0.25) is 0 Å². The highest BCUT2D eigenvalue weighted by Gasteiger charge is 2.39. The number of carbonyl (C=O) groups is 2. The lowest BCUT2D eigenvalue weighted by atomic mass is 10.0. The highest BCUT2D eigenvalue weighted by molar-refractivity contribution is 7.92. The Balaban J connectivity index is 2.07. The van der Waals surface area contributed by atoms with Crippen LogP contribution in [0.3, 0.4) is 0 Å². The van der Waals surface area contributed by atoms with Crippen LogP contribution < -0.4 is 0 Å². The van der Waals surface area contributed by atoms with Gasteiger partial charge in [-0.2, -0.15) is 0 Å². The summed E-state index contributed by atoms with van der Waals surface area (Å²) in [7, 11) is -3.86. The zero-order chi connectivity index (χ0) is 20.8. The predicted molar refractivity (Wildman–Crippen MR) is 106 cm³/mol. The maximum absolute atomic E-state index is 12.9. The van der Waals surface area contributed by atoms with Gasteiger partial charge in [0.25, 0.3) is 0 Å². The Morgan fingerprint density at radius 2 is 1.54 bits per heavy atom. The van der Waals surface area contributed by atoms with Crippen molar-refractivity contribution in [2.75, 3.05) is 12.4 Å². The van der Waals surface area contributed by atoms with Gasteiger partial charge in [0.1, 0.15) is 11.4 Å². The van der Waals surface area contributed by atoms with Crippen LogP contribution in [0, 0.1) is 5.92 Å². The van der Waals surface area contributed by atoms with Crippen molar-refractivity contribution >= 4 is 21.8 Å². The van der Waals surface area contributed by atoms with Crippen molar-refractivity contribution in [2.45, 2.75) is 25.0 Å². The third kappa shape index (κ3) is 5.66. The zero-order valence-electron chi connectivity index (χ0n) is 15.9. The second kappa shape index (κ2) is 9.01. The number of carboxylic acids is 1. The van der Waals surface area contributed by atoms with E-state index in [1.54, 1.807) is 60.7 Å². The van der Waals surface area contributed by atoms with Crippen LogP contribution in [-0.4, -0.2) is 42.6 Å². The molecule has 0 amide bonds. The minimum Gasteiger partial charge on any atom is -0.481 e.